The maximum Gasteiger partial charge on any atom is 0.0541 e. The molecule has 4 unspecified atom stereocenters. The molecule has 2 heteroatoms. The first-order chi connectivity index (χ1) is 33.7. The van der Waals surface area contributed by atoms with Gasteiger partial charge in [0.25, 0.3) is 0 Å². The molecule has 0 saturated carbocycles. The Kier molecular flexibility index (Phi) is 10.1. The largest absolute Gasteiger partial charge is 0.354 e. The highest BCUT2D eigenvalue weighted by Crippen LogP contribution is 2.50. The second-order valence-electron chi connectivity index (χ2n) is 21.3. The Morgan fingerprint density at radius 3 is 2.22 bits per heavy atom. The van der Waals surface area contributed by atoms with E-state index in [-0.39, 0.29) is 0 Å². The minimum Gasteiger partial charge on any atom is -0.354 e. The second kappa shape index (κ2) is 16.5. The van der Waals surface area contributed by atoms with Crippen molar-refractivity contribution in [1.29, 1.82) is 0 Å². The fourth-order valence-electron chi connectivity index (χ4n) is 12.7. The van der Waals surface area contributed by atoms with Gasteiger partial charge in [-0.1, -0.05) is 156 Å². The molecule has 2 nitrogen and oxygen atoms in total. The highest BCUT2D eigenvalue weighted by atomic mass is 15.0. The predicted molar refractivity (Wildman–Crippen MR) is 296 cm³/mol. The molecular formula is C67H60N2. The van der Waals surface area contributed by atoms with E-state index in [9.17, 15) is 0 Å². The van der Waals surface area contributed by atoms with Crippen LogP contribution in [0.15, 0.2) is 170 Å². The van der Waals surface area contributed by atoms with E-state index in [2.05, 4.69) is 221 Å². The highest BCUT2D eigenvalue weighted by molar-refractivity contribution is 6.11. The molecule has 2 heterocycles. The van der Waals surface area contributed by atoms with Gasteiger partial charge in [-0.15, -0.1) is 0 Å². The fourth-order valence-corrected chi connectivity index (χ4v) is 12.7. The van der Waals surface area contributed by atoms with E-state index in [0.717, 1.165) is 32.1 Å². The van der Waals surface area contributed by atoms with E-state index < -0.39 is 0 Å². The van der Waals surface area contributed by atoms with Crippen molar-refractivity contribution >= 4 is 67.5 Å². The maximum absolute atomic E-state index is 4.09. The van der Waals surface area contributed by atoms with E-state index in [1.165, 1.54) is 128 Å². The van der Waals surface area contributed by atoms with Crippen LogP contribution in [0.2, 0.25) is 0 Å². The third-order valence-corrected chi connectivity index (χ3v) is 16.1. The van der Waals surface area contributed by atoms with Crippen LogP contribution in [0, 0.1) is 17.8 Å². The predicted octanol–water partition coefficient (Wildman–Crippen LogP) is 18.2. The van der Waals surface area contributed by atoms with E-state index >= 15 is 0 Å². The molecule has 0 saturated heterocycles. The van der Waals surface area contributed by atoms with Crippen molar-refractivity contribution in [2.45, 2.75) is 78.6 Å². The number of rotatable bonds is 5. The molecule has 6 aliphatic rings. The third kappa shape index (κ3) is 7.22. The average Bonchev–Trinajstić information content (AvgIpc) is 3.63. The molecule has 338 valence electrons. The zero-order valence-corrected chi connectivity index (χ0v) is 40.6. The quantitative estimate of drug-likeness (QED) is 0.182. The number of nitrogens with zero attached hydrogens (tertiary/aromatic N) is 1. The summed E-state index contributed by atoms with van der Waals surface area (Å²) in [5.74, 6) is 2.37. The van der Waals surface area contributed by atoms with Gasteiger partial charge in [0.05, 0.1) is 16.7 Å². The number of nitrogens with one attached hydrogen (secondary N) is 1. The molecule has 6 aromatic carbocycles. The van der Waals surface area contributed by atoms with Crippen molar-refractivity contribution < 1.29 is 0 Å². The van der Waals surface area contributed by atoms with Gasteiger partial charge in [0.15, 0.2) is 0 Å². The Morgan fingerprint density at radius 2 is 1.30 bits per heavy atom. The molecule has 5 aliphatic carbocycles. The first kappa shape index (κ1) is 42.0. The van der Waals surface area contributed by atoms with E-state index in [0.29, 0.717) is 29.6 Å². The van der Waals surface area contributed by atoms with Crippen LogP contribution in [0.25, 0.3) is 78.6 Å². The van der Waals surface area contributed by atoms with E-state index in [1.807, 2.05) is 0 Å². The molecule has 69 heavy (non-hydrogen) atoms. The smallest absolute Gasteiger partial charge is 0.0541 e. The Morgan fingerprint density at radius 1 is 0.493 bits per heavy atom. The molecule has 13 rings (SSSR count). The normalized spacial score (nSPS) is 22.4. The van der Waals surface area contributed by atoms with Crippen LogP contribution in [0.4, 0.5) is 5.69 Å². The number of hydrogen-bond donors (Lipinski definition) is 1. The van der Waals surface area contributed by atoms with Crippen LogP contribution >= 0.6 is 0 Å². The topological polar surface area (TPSA) is 17.0 Å². The van der Waals surface area contributed by atoms with Crippen molar-refractivity contribution in [3.8, 4) is 16.8 Å². The van der Waals surface area contributed by atoms with Gasteiger partial charge in [0.1, 0.15) is 0 Å². The van der Waals surface area contributed by atoms with Gasteiger partial charge in [-0.2, -0.15) is 0 Å². The van der Waals surface area contributed by atoms with Gasteiger partial charge in [-0.05, 0) is 194 Å². The first-order valence-corrected chi connectivity index (χ1v) is 25.7. The summed E-state index contributed by atoms with van der Waals surface area (Å²) in [5, 5.41) is 6.65. The molecule has 0 spiro atoms. The van der Waals surface area contributed by atoms with Crippen LogP contribution in [-0.4, -0.2) is 4.57 Å². The lowest BCUT2D eigenvalue weighted by molar-refractivity contribution is 0.740. The lowest BCUT2D eigenvalue weighted by Crippen LogP contribution is -2.09. The number of anilines is 1. The standard InChI is InChI=1S/C67H60N2/c1-40-13-10-16-45(27-40)51-33-52(50-31-44(5)55-18-7-6-15-47(55)32-50)36-54(35-51)69-65-22-9-8-19-57(65)63-37-46(24-26-66(63)69)49-28-42(3)29-53(34-49)56-20-12-21-58-60-38-48-17-11-14-43(4)59(48)39-61(60)62-30-41(2)23-25-64(62)68-67(56)58/h6-12,15-28,32-44,68H,13-14,29-31H2,1-5H3/t40?,41?,42-,43?,44?/m1/s1. The van der Waals surface area contributed by atoms with Crippen molar-refractivity contribution in [3.63, 3.8) is 0 Å². The molecule has 1 N–H and O–H groups in total. The second-order valence-corrected chi connectivity index (χ2v) is 21.3. The number of para-hydroxylation sites is 2. The summed E-state index contributed by atoms with van der Waals surface area (Å²) in [4.78, 5) is 0. The Labute approximate surface area is 408 Å². The molecule has 5 atom stereocenters. The van der Waals surface area contributed by atoms with Crippen molar-refractivity contribution in [2.24, 2.45) is 17.8 Å². The monoisotopic (exact) mass is 892 g/mol. The minimum atomic E-state index is 0.380. The van der Waals surface area contributed by atoms with Crippen LogP contribution in [0.3, 0.4) is 0 Å². The number of aromatic nitrogens is 1. The van der Waals surface area contributed by atoms with Crippen molar-refractivity contribution in [2.75, 3.05) is 5.32 Å². The number of fused-ring (bicyclic) bond motifs is 9. The first-order valence-electron chi connectivity index (χ1n) is 25.7. The zero-order valence-electron chi connectivity index (χ0n) is 40.6. The highest BCUT2D eigenvalue weighted by Gasteiger charge is 2.29. The molecule has 1 aliphatic heterocycles. The van der Waals surface area contributed by atoms with Gasteiger partial charge in [-0.25, -0.2) is 0 Å². The Balaban J connectivity index is 0.934. The lowest BCUT2D eigenvalue weighted by Gasteiger charge is -2.24. The third-order valence-electron chi connectivity index (χ3n) is 16.1. The van der Waals surface area contributed by atoms with Gasteiger partial charge in [0.2, 0.25) is 0 Å². The van der Waals surface area contributed by atoms with Crippen LogP contribution in [0.1, 0.15) is 129 Å². The molecule has 0 bridgehead atoms. The van der Waals surface area contributed by atoms with Crippen LogP contribution < -0.4 is 5.32 Å². The summed E-state index contributed by atoms with van der Waals surface area (Å²) in [6.45, 7) is 11.8. The summed E-state index contributed by atoms with van der Waals surface area (Å²) in [6.07, 6.45) is 29.3. The van der Waals surface area contributed by atoms with Gasteiger partial charge in [0, 0.05) is 33.3 Å². The molecule has 0 fully saturated rings. The van der Waals surface area contributed by atoms with E-state index in [4.69, 9.17) is 0 Å². The number of hydrogen-bond acceptors (Lipinski definition) is 1. The van der Waals surface area contributed by atoms with Crippen LogP contribution in [0.5, 0.6) is 0 Å². The minimum absolute atomic E-state index is 0.380. The summed E-state index contributed by atoms with van der Waals surface area (Å²) in [7, 11) is 0. The Bertz CT molecular complexity index is 3580. The molecule has 1 aromatic heterocycles. The van der Waals surface area contributed by atoms with Crippen molar-refractivity contribution in [1.82, 2.24) is 4.57 Å². The zero-order chi connectivity index (χ0) is 46.5. The fraction of sp³-hybridized carbons (Fsp3) is 0.224. The number of allylic oxidation sites excluding steroid dienone is 13. The van der Waals surface area contributed by atoms with E-state index in [1.54, 1.807) is 0 Å². The summed E-state index contributed by atoms with van der Waals surface area (Å²) >= 11 is 0. The number of benzene rings is 6. The Hall–Kier alpha value is -7.16. The molecule has 0 radical (unpaired) electrons. The summed E-state index contributed by atoms with van der Waals surface area (Å²) < 4.78 is 2.53. The molecular weight excluding hydrogens is 833 g/mol. The van der Waals surface area contributed by atoms with Gasteiger partial charge < -0.3 is 9.88 Å². The van der Waals surface area contributed by atoms with Crippen LogP contribution in [-0.2, 0) is 0 Å². The summed E-state index contributed by atoms with van der Waals surface area (Å²) in [6, 6.07) is 44.6. The molecule has 0 amide bonds. The summed E-state index contributed by atoms with van der Waals surface area (Å²) in [5.41, 5.74) is 27.8. The van der Waals surface area contributed by atoms with Gasteiger partial charge in [-0.3, -0.25) is 0 Å². The lowest BCUT2D eigenvalue weighted by atomic mass is 9.80. The SMILES string of the molecule is CC1C=C(c2cc(C3=Cc4ccccc4C(C)C3)cc(-n3c4ccccc4c4cc(C5=C[C@@H](C)CC(c6cccc7c6NC6=C(CC(C)C=C6)c6cc8c(cc6-7)C=CCC8C)=C5)ccc43)c2)C=CC1. The van der Waals surface area contributed by atoms with Gasteiger partial charge >= 0.3 is 0 Å². The van der Waals surface area contributed by atoms with Crippen molar-refractivity contribution in [3.05, 3.63) is 220 Å². The molecule has 7 aromatic rings. The average molecular weight is 893 g/mol. The maximum atomic E-state index is 4.09.